The number of fused-ring (bicyclic) bond motifs is 2. The normalized spacial score (nSPS) is 12.2. The second kappa shape index (κ2) is 8.32. The van der Waals surface area contributed by atoms with Gasteiger partial charge in [-0.05, 0) is 52.6 Å². The number of nitrogens with one attached hydrogen (secondary N) is 3. The van der Waals surface area contributed by atoms with Crippen LogP contribution in [0.4, 0.5) is 9.18 Å². The molecule has 0 aliphatic carbocycles. The lowest BCUT2D eigenvalue weighted by Gasteiger charge is -2.14. The molecule has 1 heterocycles. The first-order valence-electron chi connectivity index (χ1n) is 9.54. The van der Waals surface area contributed by atoms with E-state index in [0.717, 1.165) is 32.8 Å². The molecule has 0 bridgehead atoms. The van der Waals surface area contributed by atoms with Crippen LogP contribution in [0.3, 0.4) is 0 Å². The minimum atomic E-state index is -0.783. The van der Waals surface area contributed by atoms with Gasteiger partial charge in [0.1, 0.15) is 5.82 Å². The van der Waals surface area contributed by atoms with E-state index in [4.69, 9.17) is 0 Å². The molecule has 6 heteroatoms. The molecule has 5 nitrogen and oxygen atoms in total. The van der Waals surface area contributed by atoms with Crippen LogP contribution in [0.1, 0.15) is 17.2 Å². The van der Waals surface area contributed by atoms with Crippen LogP contribution in [0.15, 0.2) is 66.9 Å². The zero-order chi connectivity index (χ0) is 20.2. The Labute approximate surface area is 167 Å². The van der Waals surface area contributed by atoms with Gasteiger partial charge >= 0.3 is 6.03 Å². The van der Waals surface area contributed by atoms with Gasteiger partial charge in [-0.3, -0.25) is 0 Å². The summed E-state index contributed by atoms with van der Waals surface area (Å²) in [7, 11) is 0. The molecule has 0 radical (unpaired) electrons. The average Bonchev–Trinajstić information content (AvgIpc) is 3.13. The number of hydrogen-bond donors (Lipinski definition) is 4. The molecule has 1 aromatic heterocycles. The van der Waals surface area contributed by atoms with Gasteiger partial charge in [-0.25, -0.2) is 9.18 Å². The van der Waals surface area contributed by atoms with Crippen LogP contribution in [0.25, 0.3) is 21.7 Å². The summed E-state index contributed by atoms with van der Waals surface area (Å²) >= 11 is 0. The second-order valence-corrected chi connectivity index (χ2v) is 7.01. The summed E-state index contributed by atoms with van der Waals surface area (Å²) in [4.78, 5) is 15.1. The average molecular weight is 391 g/mol. The van der Waals surface area contributed by atoms with Crippen LogP contribution in [0.2, 0.25) is 0 Å². The first-order chi connectivity index (χ1) is 14.1. The van der Waals surface area contributed by atoms with E-state index in [9.17, 15) is 14.3 Å². The Balaban J connectivity index is 1.27. The highest BCUT2D eigenvalue weighted by atomic mass is 19.1. The number of aliphatic hydroxyl groups is 1. The number of hydrogen-bond acceptors (Lipinski definition) is 2. The molecule has 4 rings (SSSR count). The molecule has 1 unspecified atom stereocenters. The Kier molecular flexibility index (Phi) is 5.44. The van der Waals surface area contributed by atoms with Crippen LogP contribution in [0, 0.1) is 5.82 Å². The predicted octanol–water partition coefficient (Wildman–Crippen LogP) is 4.04. The van der Waals surface area contributed by atoms with E-state index in [-0.39, 0.29) is 18.4 Å². The molecule has 1 atom stereocenters. The Morgan fingerprint density at radius 1 is 1.03 bits per heavy atom. The molecule has 0 spiro atoms. The summed E-state index contributed by atoms with van der Waals surface area (Å²) < 4.78 is 13.2. The van der Waals surface area contributed by atoms with E-state index in [0.29, 0.717) is 13.0 Å². The number of aliphatic hydroxyl groups excluding tert-OH is 1. The maximum Gasteiger partial charge on any atom is 0.314 e. The largest absolute Gasteiger partial charge is 0.387 e. The molecule has 0 fully saturated rings. The number of amides is 2. The van der Waals surface area contributed by atoms with E-state index in [1.165, 1.54) is 12.1 Å². The van der Waals surface area contributed by atoms with Crippen molar-refractivity contribution in [3.05, 3.63) is 83.8 Å². The Hall–Kier alpha value is -3.38. The predicted molar refractivity (Wildman–Crippen MR) is 112 cm³/mol. The molecule has 0 saturated heterocycles. The maximum absolute atomic E-state index is 13.2. The van der Waals surface area contributed by atoms with Crippen LogP contribution >= 0.6 is 0 Å². The van der Waals surface area contributed by atoms with Gasteiger partial charge < -0.3 is 20.7 Å². The van der Waals surface area contributed by atoms with Crippen molar-refractivity contribution in [3.63, 3.8) is 0 Å². The molecular formula is C23H22FN3O2. The molecule has 4 aromatic rings. The third-order valence-electron chi connectivity index (χ3n) is 5.02. The fourth-order valence-electron chi connectivity index (χ4n) is 3.46. The molecule has 0 saturated carbocycles. The van der Waals surface area contributed by atoms with Crippen LogP contribution in [0.5, 0.6) is 0 Å². The highest BCUT2D eigenvalue weighted by Gasteiger charge is 2.10. The SMILES string of the molecule is O=C(NCCc1c[nH]c2cc(F)ccc12)NCC(O)c1ccc2ccccc2c1. The van der Waals surface area contributed by atoms with Crippen LogP contribution < -0.4 is 10.6 Å². The zero-order valence-electron chi connectivity index (χ0n) is 15.8. The van der Waals surface area contributed by atoms with Crippen LogP contribution in [-0.2, 0) is 6.42 Å². The third kappa shape index (κ3) is 4.38. The molecule has 0 aliphatic heterocycles. The molecule has 2 amide bonds. The number of carbonyl (C=O) groups excluding carboxylic acids is 1. The van der Waals surface area contributed by atoms with Crippen molar-refractivity contribution in [1.29, 1.82) is 0 Å². The van der Waals surface area contributed by atoms with Gasteiger partial charge in [0.2, 0.25) is 0 Å². The van der Waals surface area contributed by atoms with Gasteiger partial charge in [-0.15, -0.1) is 0 Å². The number of aromatic amines is 1. The summed E-state index contributed by atoms with van der Waals surface area (Å²) in [6.45, 7) is 0.554. The number of benzene rings is 3. The molecule has 4 N–H and O–H groups in total. The van der Waals surface area contributed by atoms with Crippen molar-refractivity contribution in [1.82, 2.24) is 15.6 Å². The van der Waals surface area contributed by atoms with Crippen molar-refractivity contribution < 1.29 is 14.3 Å². The molecule has 0 aliphatic rings. The van der Waals surface area contributed by atoms with Crippen molar-refractivity contribution >= 4 is 27.7 Å². The summed E-state index contributed by atoms with van der Waals surface area (Å²) in [6, 6.07) is 18.0. The second-order valence-electron chi connectivity index (χ2n) is 7.01. The smallest absolute Gasteiger partial charge is 0.314 e. The Morgan fingerprint density at radius 2 is 1.86 bits per heavy atom. The number of carbonyl (C=O) groups is 1. The third-order valence-corrected chi connectivity index (χ3v) is 5.02. The van der Waals surface area contributed by atoms with E-state index in [1.807, 2.05) is 48.7 Å². The first-order valence-corrected chi connectivity index (χ1v) is 9.54. The maximum atomic E-state index is 13.2. The van der Waals surface area contributed by atoms with Crippen LogP contribution in [-0.4, -0.2) is 29.2 Å². The van der Waals surface area contributed by atoms with Crippen molar-refractivity contribution in [2.45, 2.75) is 12.5 Å². The number of aromatic nitrogens is 1. The van der Waals surface area contributed by atoms with Gasteiger partial charge in [0.15, 0.2) is 0 Å². The van der Waals surface area contributed by atoms with Gasteiger partial charge in [-0.1, -0.05) is 36.4 Å². The number of urea groups is 1. The van der Waals surface area contributed by atoms with Gasteiger partial charge in [0, 0.05) is 30.2 Å². The van der Waals surface area contributed by atoms with Gasteiger partial charge in [0.25, 0.3) is 0 Å². The van der Waals surface area contributed by atoms with E-state index in [2.05, 4.69) is 15.6 Å². The minimum absolute atomic E-state index is 0.122. The lowest BCUT2D eigenvalue weighted by atomic mass is 10.0. The number of rotatable bonds is 6. The summed E-state index contributed by atoms with van der Waals surface area (Å²) in [6.07, 6.45) is 1.66. The lowest BCUT2D eigenvalue weighted by Crippen LogP contribution is -2.38. The molecule has 148 valence electrons. The fourth-order valence-corrected chi connectivity index (χ4v) is 3.46. The van der Waals surface area contributed by atoms with E-state index in [1.54, 1.807) is 6.07 Å². The van der Waals surface area contributed by atoms with E-state index < -0.39 is 6.10 Å². The topological polar surface area (TPSA) is 77.2 Å². The lowest BCUT2D eigenvalue weighted by molar-refractivity contribution is 0.173. The molecule has 3 aromatic carbocycles. The Morgan fingerprint density at radius 3 is 2.72 bits per heavy atom. The molecule has 29 heavy (non-hydrogen) atoms. The summed E-state index contributed by atoms with van der Waals surface area (Å²) in [5, 5.41) is 18.9. The van der Waals surface area contributed by atoms with Crippen molar-refractivity contribution in [3.8, 4) is 0 Å². The van der Waals surface area contributed by atoms with Crippen molar-refractivity contribution in [2.75, 3.05) is 13.1 Å². The van der Waals surface area contributed by atoms with Gasteiger partial charge in [0.05, 0.1) is 6.10 Å². The highest BCUT2D eigenvalue weighted by molar-refractivity contribution is 5.84. The van der Waals surface area contributed by atoms with Gasteiger partial charge in [-0.2, -0.15) is 0 Å². The Bertz CT molecular complexity index is 1160. The minimum Gasteiger partial charge on any atom is -0.387 e. The van der Waals surface area contributed by atoms with E-state index >= 15 is 0 Å². The highest BCUT2D eigenvalue weighted by Crippen LogP contribution is 2.20. The number of halogens is 1. The molecular weight excluding hydrogens is 369 g/mol. The summed E-state index contributed by atoms with van der Waals surface area (Å²) in [5.41, 5.74) is 2.51. The number of H-pyrrole nitrogens is 1. The first kappa shape index (κ1) is 19.0. The fraction of sp³-hybridized carbons (Fsp3) is 0.174. The monoisotopic (exact) mass is 391 g/mol. The zero-order valence-corrected chi connectivity index (χ0v) is 15.8. The van der Waals surface area contributed by atoms with Crippen molar-refractivity contribution in [2.24, 2.45) is 0 Å². The summed E-state index contributed by atoms with van der Waals surface area (Å²) in [5.74, 6) is -0.284. The standard InChI is InChI=1S/C23H22FN3O2/c24-19-7-8-20-18(13-26-21(20)12-19)9-10-25-23(29)27-14-22(28)17-6-5-15-3-1-2-4-16(15)11-17/h1-8,11-13,22,26,28H,9-10,14H2,(H2,25,27,29). The quantitative estimate of drug-likeness (QED) is 0.400.